The van der Waals surface area contributed by atoms with Crippen molar-refractivity contribution in [2.24, 2.45) is 5.73 Å². The minimum absolute atomic E-state index is 0.447. The predicted molar refractivity (Wildman–Crippen MR) is 59.1 cm³/mol. The van der Waals surface area contributed by atoms with Gasteiger partial charge >= 0.3 is 0 Å². The zero-order valence-corrected chi connectivity index (χ0v) is 9.26. The SMILES string of the molecule is C=CCCSc1nnc(CN)n1CC. The fraction of sp³-hybridized carbons (Fsp3) is 0.556. The van der Waals surface area contributed by atoms with E-state index in [1.165, 1.54) is 0 Å². The molecule has 0 bridgehead atoms. The number of nitrogens with two attached hydrogens (primary N) is 1. The van der Waals surface area contributed by atoms with Crippen LogP contribution in [0.3, 0.4) is 0 Å². The van der Waals surface area contributed by atoms with Crippen molar-refractivity contribution in [3.63, 3.8) is 0 Å². The number of allylic oxidation sites excluding steroid dienone is 1. The molecule has 0 aliphatic rings. The molecule has 0 unspecified atom stereocenters. The van der Waals surface area contributed by atoms with Crippen LogP contribution in [0.2, 0.25) is 0 Å². The maximum absolute atomic E-state index is 5.55. The Morgan fingerprint density at radius 2 is 2.36 bits per heavy atom. The van der Waals surface area contributed by atoms with Gasteiger partial charge in [-0.2, -0.15) is 0 Å². The number of thioether (sulfide) groups is 1. The van der Waals surface area contributed by atoms with Gasteiger partial charge in [0.25, 0.3) is 0 Å². The van der Waals surface area contributed by atoms with Crippen LogP contribution in [0.1, 0.15) is 19.2 Å². The quantitative estimate of drug-likeness (QED) is 0.440. The molecule has 2 N–H and O–H groups in total. The monoisotopic (exact) mass is 212 g/mol. The molecule has 1 aromatic rings. The van der Waals surface area contributed by atoms with Gasteiger partial charge in [-0.25, -0.2) is 0 Å². The van der Waals surface area contributed by atoms with Crippen molar-refractivity contribution in [2.75, 3.05) is 5.75 Å². The van der Waals surface area contributed by atoms with Crippen LogP contribution >= 0.6 is 11.8 Å². The Balaban J connectivity index is 2.65. The third-order valence-corrected chi connectivity index (χ3v) is 2.85. The summed E-state index contributed by atoms with van der Waals surface area (Å²) < 4.78 is 2.05. The van der Waals surface area contributed by atoms with Gasteiger partial charge in [-0.1, -0.05) is 17.8 Å². The molecular weight excluding hydrogens is 196 g/mol. The normalized spacial score (nSPS) is 10.4. The zero-order chi connectivity index (χ0) is 10.4. The van der Waals surface area contributed by atoms with Gasteiger partial charge in [0.1, 0.15) is 5.82 Å². The highest BCUT2D eigenvalue weighted by Crippen LogP contribution is 2.17. The summed E-state index contributed by atoms with van der Waals surface area (Å²) in [5.74, 6) is 1.85. The molecule has 0 saturated carbocycles. The lowest BCUT2D eigenvalue weighted by molar-refractivity contribution is 0.643. The first-order valence-corrected chi connectivity index (χ1v) is 5.67. The number of nitrogens with zero attached hydrogens (tertiary/aromatic N) is 3. The van der Waals surface area contributed by atoms with Crippen molar-refractivity contribution in [2.45, 2.75) is 31.6 Å². The zero-order valence-electron chi connectivity index (χ0n) is 8.44. The van der Waals surface area contributed by atoms with Crippen LogP contribution in [0.15, 0.2) is 17.8 Å². The largest absolute Gasteiger partial charge is 0.324 e. The summed E-state index contributed by atoms with van der Waals surface area (Å²) in [5, 5.41) is 9.07. The third-order valence-electron chi connectivity index (χ3n) is 1.85. The van der Waals surface area contributed by atoms with Gasteiger partial charge < -0.3 is 10.3 Å². The molecule has 78 valence electrons. The second-order valence-corrected chi connectivity index (χ2v) is 3.84. The highest BCUT2D eigenvalue weighted by atomic mass is 32.2. The smallest absolute Gasteiger partial charge is 0.191 e. The maximum Gasteiger partial charge on any atom is 0.191 e. The van der Waals surface area contributed by atoms with Crippen molar-refractivity contribution >= 4 is 11.8 Å². The standard InChI is InChI=1S/C9H16N4S/c1-3-5-6-14-9-12-11-8(7-10)13(9)4-2/h3H,1,4-7,10H2,2H3. The van der Waals surface area contributed by atoms with Crippen LogP contribution in [0.5, 0.6) is 0 Å². The van der Waals surface area contributed by atoms with E-state index in [4.69, 9.17) is 5.73 Å². The summed E-state index contributed by atoms with van der Waals surface area (Å²) in [6.07, 6.45) is 2.89. The van der Waals surface area contributed by atoms with E-state index in [-0.39, 0.29) is 0 Å². The molecule has 0 fully saturated rings. The minimum Gasteiger partial charge on any atom is -0.324 e. The van der Waals surface area contributed by atoms with E-state index in [1.54, 1.807) is 11.8 Å². The third kappa shape index (κ3) is 2.59. The predicted octanol–water partition coefficient (Wildman–Crippen LogP) is 1.42. The van der Waals surface area contributed by atoms with Crippen molar-refractivity contribution in [3.05, 3.63) is 18.5 Å². The Labute approximate surface area is 88.6 Å². The second kappa shape index (κ2) is 5.82. The average molecular weight is 212 g/mol. The first-order chi connectivity index (χ1) is 6.83. The molecule has 5 heteroatoms. The second-order valence-electron chi connectivity index (χ2n) is 2.77. The van der Waals surface area contributed by atoms with Crippen LogP contribution < -0.4 is 5.73 Å². The van der Waals surface area contributed by atoms with E-state index >= 15 is 0 Å². The van der Waals surface area contributed by atoms with Crippen molar-refractivity contribution in [1.82, 2.24) is 14.8 Å². The van der Waals surface area contributed by atoms with Gasteiger partial charge in [0.15, 0.2) is 5.16 Å². The molecule has 0 aliphatic heterocycles. The topological polar surface area (TPSA) is 56.7 Å². The molecule has 4 nitrogen and oxygen atoms in total. The molecule has 0 aliphatic carbocycles. The fourth-order valence-electron chi connectivity index (χ4n) is 1.13. The van der Waals surface area contributed by atoms with Crippen LogP contribution in [0, 0.1) is 0 Å². The van der Waals surface area contributed by atoms with E-state index in [1.807, 2.05) is 10.6 Å². The van der Waals surface area contributed by atoms with Crippen molar-refractivity contribution in [1.29, 1.82) is 0 Å². The molecule has 14 heavy (non-hydrogen) atoms. The number of hydrogen-bond donors (Lipinski definition) is 1. The summed E-state index contributed by atoms with van der Waals surface area (Å²) in [7, 11) is 0. The van der Waals surface area contributed by atoms with Crippen molar-refractivity contribution < 1.29 is 0 Å². The van der Waals surface area contributed by atoms with Crippen LogP contribution in [0.25, 0.3) is 0 Å². The van der Waals surface area contributed by atoms with Gasteiger partial charge in [0.05, 0.1) is 6.54 Å². The first-order valence-electron chi connectivity index (χ1n) is 4.69. The lowest BCUT2D eigenvalue weighted by Crippen LogP contribution is -2.08. The van der Waals surface area contributed by atoms with E-state index in [2.05, 4.69) is 23.7 Å². The highest BCUT2D eigenvalue weighted by Gasteiger charge is 2.08. The minimum atomic E-state index is 0.447. The molecular formula is C9H16N4S. The molecule has 1 heterocycles. The molecule has 0 saturated heterocycles. The Kier molecular flexibility index (Phi) is 4.69. The fourth-order valence-corrected chi connectivity index (χ4v) is 2.08. The van der Waals surface area contributed by atoms with Crippen LogP contribution in [-0.2, 0) is 13.1 Å². The summed E-state index contributed by atoms with van der Waals surface area (Å²) in [4.78, 5) is 0. The van der Waals surface area contributed by atoms with E-state index in [0.717, 1.165) is 29.7 Å². The molecule has 0 atom stereocenters. The number of hydrogen-bond acceptors (Lipinski definition) is 4. The number of rotatable bonds is 6. The van der Waals surface area contributed by atoms with Crippen LogP contribution in [0.4, 0.5) is 0 Å². The summed E-state index contributed by atoms with van der Waals surface area (Å²) in [6.45, 7) is 7.07. The summed E-state index contributed by atoms with van der Waals surface area (Å²) in [5.41, 5.74) is 5.55. The Morgan fingerprint density at radius 1 is 1.57 bits per heavy atom. The van der Waals surface area contributed by atoms with Crippen LogP contribution in [-0.4, -0.2) is 20.5 Å². The van der Waals surface area contributed by atoms with Gasteiger partial charge in [-0.05, 0) is 13.3 Å². The Hall–Kier alpha value is -0.810. The molecule has 0 radical (unpaired) electrons. The average Bonchev–Trinajstić information content (AvgIpc) is 2.60. The highest BCUT2D eigenvalue weighted by molar-refractivity contribution is 7.99. The first kappa shape index (κ1) is 11.3. The van der Waals surface area contributed by atoms with E-state index in [9.17, 15) is 0 Å². The molecule has 1 aromatic heterocycles. The van der Waals surface area contributed by atoms with E-state index < -0.39 is 0 Å². The molecule has 0 spiro atoms. The number of aromatic nitrogens is 3. The van der Waals surface area contributed by atoms with Gasteiger partial charge in [-0.15, -0.1) is 16.8 Å². The molecule has 0 amide bonds. The van der Waals surface area contributed by atoms with Gasteiger partial charge in [0.2, 0.25) is 0 Å². The van der Waals surface area contributed by atoms with E-state index in [0.29, 0.717) is 6.54 Å². The molecule has 0 aromatic carbocycles. The Morgan fingerprint density at radius 3 is 2.93 bits per heavy atom. The maximum atomic E-state index is 5.55. The van der Waals surface area contributed by atoms with Gasteiger partial charge in [-0.3, -0.25) is 0 Å². The Bertz CT molecular complexity index is 295. The lowest BCUT2D eigenvalue weighted by atomic mass is 10.5. The lowest BCUT2D eigenvalue weighted by Gasteiger charge is -2.04. The summed E-state index contributed by atoms with van der Waals surface area (Å²) >= 11 is 1.69. The summed E-state index contributed by atoms with van der Waals surface area (Å²) in [6, 6.07) is 0. The molecule has 1 rings (SSSR count). The van der Waals surface area contributed by atoms with Crippen molar-refractivity contribution in [3.8, 4) is 0 Å². The van der Waals surface area contributed by atoms with Gasteiger partial charge in [0, 0.05) is 12.3 Å².